The van der Waals surface area contributed by atoms with Gasteiger partial charge in [0, 0.05) is 31.2 Å². The van der Waals surface area contributed by atoms with E-state index in [1.807, 2.05) is 11.8 Å². The zero-order chi connectivity index (χ0) is 18.5. The fourth-order valence-corrected chi connectivity index (χ4v) is 3.56. The molecule has 26 heavy (non-hydrogen) atoms. The summed E-state index contributed by atoms with van der Waals surface area (Å²) in [5, 5.41) is 8.68. The number of hydrogen-bond acceptors (Lipinski definition) is 3. The molecule has 0 bridgehead atoms. The number of amides is 3. The maximum atomic E-state index is 13.2. The Morgan fingerprint density at radius 2 is 2.19 bits per heavy atom. The zero-order valence-corrected chi connectivity index (χ0v) is 15.1. The van der Waals surface area contributed by atoms with Gasteiger partial charge in [-0.3, -0.25) is 4.79 Å². The molecule has 3 N–H and O–H groups in total. The Morgan fingerprint density at radius 3 is 2.88 bits per heavy atom. The number of benzene rings is 1. The van der Waals surface area contributed by atoms with E-state index < -0.39 is 0 Å². The molecule has 0 aliphatic carbocycles. The molecule has 0 spiro atoms. The van der Waals surface area contributed by atoms with Crippen LogP contribution in [-0.4, -0.2) is 49.6 Å². The normalized spacial score (nSPS) is 21.6. The van der Waals surface area contributed by atoms with Crippen molar-refractivity contribution in [2.75, 3.05) is 38.0 Å². The molecule has 2 aliphatic heterocycles. The lowest BCUT2D eigenvalue weighted by atomic mass is 9.87. The van der Waals surface area contributed by atoms with Crippen LogP contribution in [0, 0.1) is 23.6 Å². The molecule has 0 saturated carbocycles. The molecule has 7 heteroatoms. The Labute approximate surface area is 153 Å². The van der Waals surface area contributed by atoms with Crippen molar-refractivity contribution >= 4 is 17.6 Å². The zero-order valence-electron chi connectivity index (χ0n) is 15.1. The lowest BCUT2D eigenvalue weighted by Crippen LogP contribution is -2.52. The number of nitrogens with zero attached hydrogens (tertiary/aromatic N) is 1. The van der Waals surface area contributed by atoms with Gasteiger partial charge in [-0.1, -0.05) is 13.0 Å². The number of rotatable bonds is 5. The van der Waals surface area contributed by atoms with Gasteiger partial charge in [0.05, 0.1) is 0 Å². The average Bonchev–Trinajstić information content (AvgIpc) is 2.58. The van der Waals surface area contributed by atoms with Gasteiger partial charge in [-0.25, -0.2) is 9.18 Å². The lowest BCUT2D eigenvalue weighted by molar-refractivity contribution is -0.139. The van der Waals surface area contributed by atoms with Gasteiger partial charge in [-0.15, -0.1) is 0 Å². The molecule has 2 atom stereocenters. The molecule has 3 rings (SSSR count). The number of nitrogens with one attached hydrogen (secondary N) is 3. The first-order valence-corrected chi connectivity index (χ1v) is 9.33. The molecule has 2 unspecified atom stereocenters. The Bertz CT molecular complexity index is 650. The summed E-state index contributed by atoms with van der Waals surface area (Å²) in [6.07, 6.45) is 1.95. The third-order valence-electron chi connectivity index (χ3n) is 5.37. The second-order valence-electron chi connectivity index (χ2n) is 7.34. The van der Waals surface area contributed by atoms with Crippen LogP contribution < -0.4 is 16.0 Å². The number of likely N-dealkylation sites (tertiary alicyclic amines) is 1. The average molecular weight is 362 g/mol. The van der Waals surface area contributed by atoms with E-state index >= 15 is 0 Å². The first kappa shape index (κ1) is 18.6. The summed E-state index contributed by atoms with van der Waals surface area (Å²) in [6, 6.07) is 5.44. The van der Waals surface area contributed by atoms with Gasteiger partial charge in [-0.2, -0.15) is 0 Å². The van der Waals surface area contributed by atoms with Crippen molar-refractivity contribution in [3.8, 4) is 0 Å². The summed E-state index contributed by atoms with van der Waals surface area (Å²) in [5.74, 6) is 0.584. The molecule has 2 saturated heterocycles. The fourth-order valence-electron chi connectivity index (χ4n) is 3.56. The minimum atomic E-state index is -0.389. The van der Waals surface area contributed by atoms with E-state index in [9.17, 15) is 14.0 Å². The van der Waals surface area contributed by atoms with Crippen molar-refractivity contribution < 1.29 is 14.0 Å². The van der Waals surface area contributed by atoms with E-state index in [2.05, 4.69) is 16.0 Å². The second-order valence-corrected chi connectivity index (χ2v) is 7.34. The minimum Gasteiger partial charge on any atom is -0.342 e. The maximum absolute atomic E-state index is 13.2. The van der Waals surface area contributed by atoms with E-state index in [1.165, 1.54) is 12.1 Å². The van der Waals surface area contributed by atoms with Crippen LogP contribution in [0.1, 0.15) is 19.8 Å². The van der Waals surface area contributed by atoms with Crippen LogP contribution in [-0.2, 0) is 4.79 Å². The number of carbonyl (C=O) groups is 2. The number of carbonyl (C=O) groups excluding carboxylic acids is 2. The Hall–Kier alpha value is -2.15. The van der Waals surface area contributed by atoms with Gasteiger partial charge in [0.15, 0.2) is 0 Å². The first-order chi connectivity index (χ1) is 12.5. The van der Waals surface area contributed by atoms with Crippen molar-refractivity contribution in [2.24, 2.45) is 17.8 Å². The molecule has 2 fully saturated rings. The monoisotopic (exact) mass is 362 g/mol. The van der Waals surface area contributed by atoms with Gasteiger partial charge in [0.2, 0.25) is 5.91 Å². The largest absolute Gasteiger partial charge is 0.342 e. The molecular formula is C19H27FN4O2. The molecule has 142 valence electrons. The summed E-state index contributed by atoms with van der Waals surface area (Å²) in [7, 11) is 0. The van der Waals surface area contributed by atoms with Crippen LogP contribution in [0.3, 0.4) is 0 Å². The van der Waals surface area contributed by atoms with Crippen molar-refractivity contribution in [1.29, 1.82) is 0 Å². The van der Waals surface area contributed by atoms with E-state index in [4.69, 9.17) is 0 Å². The lowest BCUT2D eigenvalue weighted by Gasteiger charge is -2.38. The highest BCUT2D eigenvalue weighted by Gasteiger charge is 2.33. The molecule has 0 radical (unpaired) electrons. The van der Waals surface area contributed by atoms with Gasteiger partial charge in [-0.05, 0) is 56.0 Å². The highest BCUT2D eigenvalue weighted by Crippen LogP contribution is 2.23. The van der Waals surface area contributed by atoms with Crippen LogP contribution in [0.5, 0.6) is 0 Å². The number of halogens is 1. The van der Waals surface area contributed by atoms with E-state index in [0.717, 1.165) is 32.5 Å². The SMILES string of the molecule is CC(C(=O)N1CCCC(CNC(=O)Nc2cccc(F)c2)C1)C1CNC1. The van der Waals surface area contributed by atoms with Crippen molar-refractivity contribution in [1.82, 2.24) is 15.5 Å². The number of anilines is 1. The summed E-state index contributed by atoms with van der Waals surface area (Å²) in [4.78, 5) is 26.6. The van der Waals surface area contributed by atoms with Crippen molar-refractivity contribution in [3.05, 3.63) is 30.1 Å². The number of urea groups is 1. The predicted molar refractivity (Wildman–Crippen MR) is 98.2 cm³/mol. The van der Waals surface area contributed by atoms with Crippen molar-refractivity contribution in [2.45, 2.75) is 19.8 Å². The number of hydrogen-bond donors (Lipinski definition) is 3. The third kappa shape index (κ3) is 4.72. The topological polar surface area (TPSA) is 73.5 Å². The van der Waals surface area contributed by atoms with Gasteiger partial charge >= 0.3 is 6.03 Å². The van der Waals surface area contributed by atoms with Crippen LogP contribution in [0.4, 0.5) is 14.9 Å². The van der Waals surface area contributed by atoms with Crippen LogP contribution in [0.15, 0.2) is 24.3 Å². The van der Waals surface area contributed by atoms with E-state index in [0.29, 0.717) is 24.7 Å². The van der Waals surface area contributed by atoms with Crippen LogP contribution >= 0.6 is 0 Å². The molecule has 1 aromatic carbocycles. The number of piperidine rings is 1. The maximum Gasteiger partial charge on any atom is 0.319 e. The molecule has 3 amide bonds. The predicted octanol–water partition coefficient (Wildman–Crippen LogP) is 2.04. The summed E-state index contributed by atoms with van der Waals surface area (Å²) in [6.45, 7) is 5.85. The highest BCUT2D eigenvalue weighted by atomic mass is 19.1. The highest BCUT2D eigenvalue weighted by molar-refractivity contribution is 5.89. The minimum absolute atomic E-state index is 0.0548. The smallest absolute Gasteiger partial charge is 0.319 e. The molecule has 2 heterocycles. The Kier molecular flexibility index (Phi) is 6.08. The molecule has 1 aromatic rings. The standard InChI is InChI=1S/C19H27FN4O2/c1-13(15-10-21-11-15)18(25)24-7-3-4-14(12-24)9-22-19(26)23-17-6-2-5-16(20)8-17/h2,5-6,8,13-15,21H,3-4,7,9-12H2,1H3,(H2,22,23,26). The van der Waals surface area contributed by atoms with Gasteiger partial charge in [0.25, 0.3) is 0 Å². The van der Waals surface area contributed by atoms with Gasteiger partial charge < -0.3 is 20.9 Å². The Balaban J connectivity index is 1.44. The quantitative estimate of drug-likeness (QED) is 0.751. The first-order valence-electron chi connectivity index (χ1n) is 9.33. The molecule has 0 aromatic heterocycles. The summed E-state index contributed by atoms with van der Waals surface area (Å²) < 4.78 is 13.2. The third-order valence-corrected chi connectivity index (χ3v) is 5.37. The molecular weight excluding hydrogens is 335 g/mol. The summed E-state index contributed by atoms with van der Waals surface area (Å²) >= 11 is 0. The molecule has 2 aliphatic rings. The van der Waals surface area contributed by atoms with Crippen LogP contribution in [0.25, 0.3) is 0 Å². The van der Waals surface area contributed by atoms with E-state index in [1.54, 1.807) is 12.1 Å². The van der Waals surface area contributed by atoms with Crippen LogP contribution in [0.2, 0.25) is 0 Å². The Morgan fingerprint density at radius 1 is 1.38 bits per heavy atom. The van der Waals surface area contributed by atoms with Gasteiger partial charge in [0.1, 0.15) is 5.82 Å². The fraction of sp³-hybridized carbons (Fsp3) is 0.579. The van der Waals surface area contributed by atoms with Crippen molar-refractivity contribution in [3.63, 3.8) is 0 Å². The second kappa shape index (κ2) is 8.49. The summed E-state index contributed by atoms with van der Waals surface area (Å²) in [5.41, 5.74) is 0.422. The molecule has 6 nitrogen and oxygen atoms in total. The van der Waals surface area contributed by atoms with E-state index in [-0.39, 0.29) is 29.6 Å².